The Kier molecular flexibility index (Phi) is 8.80. The van der Waals surface area contributed by atoms with E-state index in [9.17, 15) is 18.0 Å². The summed E-state index contributed by atoms with van der Waals surface area (Å²) in [5.41, 5.74) is 2.91. The molecule has 0 aliphatic heterocycles. The molecule has 0 spiro atoms. The van der Waals surface area contributed by atoms with Gasteiger partial charge in [0.15, 0.2) is 0 Å². The maximum atomic E-state index is 14.9. The third-order valence-corrected chi connectivity index (χ3v) is 6.50. The zero-order valence-electron chi connectivity index (χ0n) is 21.4. The van der Waals surface area contributed by atoms with Gasteiger partial charge in [0, 0.05) is 6.07 Å². The SMILES string of the molecule is CC=CCCc1ccc(OC(=O)c2c(F)cc(-c3ccc(C[C@@H](C)c4ccccc4)cc3)cc2F)cc1F. The quantitative estimate of drug-likeness (QED) is 0.127. The number of carbonyl (C=O) groups excluding carboxylic acids is 1. The predicted molar refractivity (Wildman–Crippen MR) is 145 cm³/mol. The Morgan fingerprint density at radius 2 is 1.53 bits per heavy atom. The summed E-state index contributed by atoms with van der Waals surface area (Å²) >= 11 is 0. The van der Waals surface area contributed by atoms with Gasteiger partial charge in [-0.2, -0.15) is 0 Å². The van der Waals surface area contributed by atoms with E-state index in [0.29, 0.717) is 35.4 Å². The number of hydrogen-bond donors (Lipinski definition) is 0. The fourth-order valence-electron chi connectivity index (χ4n) is 4.38. The topological polar surface area (TPSA) is 26.3 Å². The minimum Gasteiger partial charge on any atom is -0.423 e. The van der Waals surface area contributed by atoms with Gasteiger partial charge >= 0.3 is 5.97 Å². The van der Waals surface area contributed by atoms with Gasteiger partial charge in [-0.05, 0) is 78.1 Å². The molecule has 0 aromatic heterocycles. The highest BCUT2D eigenvalue weighted by Gasteiger charge is 2.22. The van der Waals surface area contributed by atoms with Crippen molar-refractivity contribution in [2.24, 2.45) is 0 Å². The average molecular weight is 515 g/mol. The van der Waals surface area contributed by atoms with Gasteiger partial charge in [-0.1, -0.05) is 79.7 Å². The van der Waals surface area contributed by atoms with Crippen molar-refractivity contribution in [1.29, 1.82) is 0 Å². The lowest BCUT2D eigenvalue weighted by Crippen LogP contribution is -2.13. The number of halogens is 3. The summed E-state index contributed by atoms with van der Waals surface area (Å²) in [6.45, 7) is 4.04. The molecule has 38 heavy (non-hydrogen) atoms. The molecule has 0 bridgehead atoms. The van der Waals surface area contributed by atoms with Crippen LogP contribution in [0.5, 0.6) is 5.75 Å². The van der Waals surface area contributed by atoms with E-state index in [-0.39, 0.29) is 5.75 Å². The fourth-order valence-corrected chi connectivity index (χ4v) is 4.38. The Morgan fingerprint density at radius 3 is 2.16 bits per heavy atom. The van der Waals surface area contributed by atoms with Crippen LogP contribution in [-0.4, -0.2) is 5.97 Å². The minimum atomic E-state index is -1.22. The number of hydrogen-bond acceptors (Lipinski definition) is 2. The summed E-state index contributed by atoms with van der Waals surface area (Å²) in [4.78, 5) is 12.5. The van der Waals surface area contributed by atoms with Crippen molar-refractivity contribution < 1.29 is 22.7 Å². The van der Waals surface area contributed by atoms with Gasteiger partial charge in [0.25, 0.3) is 0 Å². The molecule has 0 heterocycles. The van der Waals surface area contributed by atoms with Gasteiger partial charge in [0.1, 0.15) is 28.8 Å². The Bertz CT molecular complexity index is 1400. The lowest BCUT2D eigenvalue weighted by molar-refractivity contribution is 0.0724. The van der Waals surface area contributed by atoms with Gasteiger partial charge in [0.05, 0.1) is 0 Å². The number of esters is 1. The Balaban J connectivity index is 1.46. The first-order valence-electron chi connectivity index (χ1n) is 12.6. The second-order valence-corrected chi connectivity index (χ2v) is 9.28. The van der Waals surface area contributed by atoms with Crippen LogP contribution in [0.25, 0.3) is 11.1 Å². The Hall–Kier alpha value is -4.12. The van der Waals surface area contributed by atoms with Crippen molar-refractivity contribution in [3.63, 3.8) is 0 Å². The van der Waals surface area contributed by atoms with E-state index in [1.165, 1.54) is 17.7 Å². The maximum absolute atomic E-state index is 14.9. The molecule has 0 N–H and O–H groups in total. The van der Waals surface area contributed by atoms with Crippen molar-refractivity contribution in [1.82, 2.24) is 0 Å². The highest BCUT2D eigenvalue weighted by Crippen LogP contribution is 2.28. The monoisotopic (exact) mass is 514 g/mol. The van der Waals surface area contributed by atoms with Crippen LogP contribution >= 0.6 is 0 Å². The zero-order valence-corrected chi connectivity index (χ0v) is 21.4. The summed E-state index contributed by atoms with van der Waals surface area (Å²) in [6, 6.07) is 23.8. The zero-order chi connectivity index (χ0) is 27.1. The van der Waals surface area contributed by atoms with Crippen LogP contribution < -0.4 is 4.74 Å². The first-order chi connectivity index (χ1) is 18.4. The number of carbonyl (C=O) groups is 1. The van der Waals surface area contributed by atoms with Crippen LogP contribution in [0.4, 0.5) is 13.2 Å². The molecule has 5 heteroatoms. The van der Waals surface area contributed by atoms with E-state index < -0.39 is 29.0 Å². The van der Waals surface area contributed by atoms with Crippen LogP contribution in [0.1, 0.15) is 53.2 Å². The third kappa shape index (κ3) is 6.60. The first kappa shape index (κ1) is 26.9. The van der Waals surface area contributed by atoms with E-state index in [4.69, 9.17) is 4.74 Å². The van der Waals surface area contributed by atoms with E-state index >= 15 is 0 Å². The molecule has 194 valence electrons. The second kappa shape index (κ2) is 12.4. The summed E-state index contributed by atoms with van der Waals surface area (Å²) in [5.74, 6) is -3.66. The molecule has 0 fully saturated rings. The van der Waals surface area contributed by atoms with Gasteiger partial charge in [-0.15, -0.1) is 0 Å². The number of aryl methyl sites for hydroxylation is 1. The molecule has 0 amide bonds. The normalized spacial score (nSPS) is 12.0. The molecule has 0 aliphatic carbocycles. The van der Waals surface area contributed by atoms with E-state index in [1.807, 2.05) is 49.4 Å². The fraction of sp³-hybridized carbons (Fsp3) is 0.182. The van der Waals surface area contributed by atoms with Crippen LogP contribution in [0.15, 0.2) is 97.1 Å². The smallest absolute Gasteiger partial charge is 0.349 e. The molecular formula is C33H29F3O2. The second-order valence-electron chi connectivity index (χ2n) is 9.28. The average Bonchev–Trinajstić information content (AvgIpc) is 2.90. The highest BCUT2D eigenvalue weighted by molar-refractivity contribution is 5.92. The van der Waals surface area contributed by atoms with Crippen LogP contribution in [0.3, 0.4) is 0 Å². The molecule has 0 radical (unpaired) electrons. The summed E-state index contributed by atoms with van der Waals surface area (Å²) in [7, 11) is 0. The molecule has 0 saturated heterocycles. The van der Waals surface area contributed by atoms with Crippen molar-refractivity contribution in [2.75, 3.05) is 0 Å². The Labute approximate surface area is 221 Å². The Morgan fingerprint density at radius 1 is 0.842 bits per heavy atom. The molecule has 0 saturated carbocycles. The van der Waals surface area contributed by atoms with Crippen molar-refractivity contribution >= 4 is 5.97 Å². The summed E-state index contributed by atoms with van der Waals surface area (Å²) in [5, 5.41) is 0. The van der Waals surface area contributed by atoms with Gasteiger partial charge in [-0.3, -0.25) is 0 Å². The highest BCUT2D eigenvalue weighted by atomic mass is 19.1. The number of allylic oxidation sites excluding steroid dienone is 2. The van der Waals surface area contributed by atoms with Crippen LogP contribution in [-0.2, 0) is 12.8 Å². The number of rotatable bonds is 9. The van der Waals surface area contributed by atoms with Crippen molar-refractivity contribution in [3.05, 3.63) is 137 Å². The van der Waals surface area contributed by atoms with E-state index in [0.717, 1.165) is 30.2 Å². The first-order valence-corrected chi connectivity index (χ1v) is 12.6. The van der Waals surface area contributed by atoms with Gasteiger partial charge in [-0.25, -0.2) is 18.0 Å². The molecule has 0 aliphatic rings. The molecule has 4 aromatic carbocycles. The molecule has 2 nitrogen and oxygen atoms in total. The number of benzene rings is 4. The van der Waals surface area contributed by atoms with E-state index in [1.54, 1.807) is 12.1 Å². The van der Waals surface area contributed by atoms with Gasteiger partial charge in [0.2, 0.25) is 0 Å². The van der Waals surface area contributed by atoms with E-state index in [2.05, 4.69) is 19.1 Å². The molecule has 4 aromatic rings. The van der Waals surface area contributed by atoms with Crippen molar-refractivity contribution in [3.8, 4) is 16.9 Å². The molecule has 0 unspecified atom stereocenters. The van der Waals surface area contributed by atoms with Crippen LogP contribution in [0, 0.1) is 17.5 Å². The van der Waals surface area contributed by atoms with Crippen LogP contribution in [0.2, 0.25) is 0 Å². The van der Waals surface area contributed by atoms with Crippen molar-refractivity contribution in [2.45, 2.75) is 39.0 Å². The third-order valence-electron chi connectivity index (χ3n) is 6.50. The predicted octanol–water partition coefficient (Wildman–Crippen LogP) is 8.85. The lowest BCUT2D eigenvalue weighted by Gasteiger charge is -2.13. The van der Waals surface area contributed by atoms with Gasteiger partial charge < -0.3 is 4.74 Å². The number of ether oxygens (including phenoxy) is 1. The minimum absolute atomic E-state index is 0.120. The lowest BCUT2D eigenvalue weighted by atomic mass is 9.93. The molecule has 4 rings (SSSR count). The molecular weight excluding hydrogens is 485 g/mol. The summed E-state index contributed by atoms with van der Waals surface area (Å²) < 4.78 is 49.2. The molecule has 1 atom stereocenters. The largest absolute Gasteiger partial charge is 0.423 e. The maximum Gasteiger partial charge on any atom is 0.349 e. The summed E-state index contributed by atoms with van der Waals surface area (Å²) in [6.07, 6.45) is 5.79. The standard InChI is InChI=1S/C33H29F3O2/c1-3-4-6-11-26-16-17-28(21-29(26)34)38-33(37)32-30(35)19-27(20-31(32)36)25-14-12-23(13-15-25)18-22(2)24-9-7-5-8-10-24/h3-5,7-10,12-17,19-22H,6,11,18H2,1-2H3/t22-/m1/s1.